The van der Waals surface area contributed by atoms with Gasteiger partial charge in [0.05, 0.1) is 0 Å². The van der Waals surface area contributed by atoms with Gasteiger partial charge in [0.15, 0.2) is 5.96 Å². The van der Waals surface area contributed by atoms with E-state index >= 15 is 0 Å². The third-order valence-corrected chi connectivity index (χ3v) is 6.38. The smallest absolute Gasteiger partial charge is 0.194 e. The molecular weight excluding hydrogens is 523 g/mol. The first-order valence-corrected chi connectivity index (χ1v) is 12.1. The number of nitrogens with one attached hydrogen (secondary N) is 1. The second-order valence-electron chi connectivity index (χ2n) is 8.17. The highest BCUT2D eigenvalue weighted by atomic mass is 127. The lowest BCUT2D eigenvalue weighted by molar-refractivity contribution is 0.136. The first-order valence-electron chi connectivity index (χ1n) is 11.7. The normalized spacial score (nSPS) is 18.7. The fourth-order valence-corrected chi connectivity index (χ4v) is 4.42. The van der Waals surface area contributed by atoms with Crippen molar-refractivity contribution in [3.05, 3.63) is 29.3 Å². The summed E-state index contributed by atoms with van der Waals surface area (Å²) in [5, 5.41) is 4.29. The number of hydrogen-bond acceptors (Lipinski definition) is 4. The maximum absolute atomic E-state index is 6.16. The van der Waals surface area contributed by atoms with Crippen molar-refractivity contribution in [2.24, 2.45) is 4.99 Å². The van der Waals surface area contributed by atoms with Crippen LogP contribution in [0, 0.1) is 0 Å². The van der Waals surface area contributed by atoms with Crippen molar-refractivity contribution < 1.29 is 0 Å². The molecule has 0 spiro atoms. The number of halogens is 2. The van der Waals surface area contributed by atoms with Crippen LogP contribution in [0.2, 0.25) is 5.02 Å². The van der Waals surface area contributed by atoms with E-state index in [0.29, 0.717) is 0 Å². The standard InChI is InChI=1S/C23H39ClN6.HI/c1-3-25-23(26-10-5-6-11-28-14-12-27(4-2)13-15-28)30-18-16-29(17-19-30)22-9-7-8-21(24)20-22;/h7-9,20H,3-6,10-19H2,1-2H3,(H,25,26);1H. The molecule has 8 heteroatoms. The Labute approximate surface area is 211 Å². The van der Waals surface area contributed by atoms with Crippen molar-refractivity contribution >= 4 is 47.2 Å². The zero-order valence-corrected chi connectivity index (χ0v) is 22.3. The summed E-state index contributed by atoms with van der Waals surface area (Å²) >= 11 is 6.16. The molecule has 31 heavy (non-hydrogen) atoms. The molecule has 0 radical (unpaired) electrons. The zero-order chi connectivity index (χ0) is 21.2. The Kier molecular flexibility index (Phi) is 12.3. The molecule has 0 aliphatic carbocycles. The minimum atomic E-state index is 0. The molecule has 2 saturated heterocycles. The predicted molar refractivity (Wildman–Crippen MR) is 144 cm³/mol. The number of anilines is 1. The maximum atomic E-state index is 6.16. The molecule has 0 bridgehead atoms. The molecule has 2 aliphatic heterocycles. The number of benzene rings is 1. The molecular formula is C23H40ClIN6. The Morgan fingerprint density at radius 3 is 2.32 bits per heavy atom. The lowest BCUT2D eigenvalue weighted by Gasteiger charge is -2.37. The first kappa shape index (κ1) is 26.5. The largest absolute Gasteiger partial charge is 0.368 e. The molecule has 0 amide bonds. The van der Waals surface area contributed by atoms with Crippen molar-refractivity contribution in [3.8, 4) is 0 Å². The molecule has 2 aliphatic rings. The van der Waals surface area contributed by atoms with Crippen LogP contribution in [0.15, 0.2) is 29.3 Å². The molecule has 0 saturated carbocycles. The quantitative estimate of drug-likeness (QED) is 0.227. The lowest BCUT2D eigenvalue weighted by atomic mass is 10.2. The highest BCUT2D eigenvalue weighted by Crippen LogP contribution is 2.20. The van der Waals surface area contributed by atoms with Crippen LogP contribution in [0.25, 0.3) is 0 Å². The van der Waals surface area contributed by atoms with E-state index in [2.05, 4.69) is 50.9 Å². The van der Waals surface area contributed by atoms with Crippen LogP contribution in [0.1, 0.15) is 26.7 Å². The van der Waals surface area contributed by atoms with Gasteiger partial charge in [-0.2, -0.15) is 0 Å². The van der Waals surface area contributed by atoms with Gasteiger partial charge in [-0.15, -0.1) is 24.0 Å². The summed E-state index contributed by atoms with van der Waals surface area (Å²) in [4.78, 5) is 14.9. The summed E-state index contributed by atoms with van der Waals surface area (Å²) in [6.45, 7) is 17.5. The molecule has 176 valence electrons. The van der Waals surface area contributed by atoms with E-state index in [-0.39, 0.29) is 24.0 Å². The van der Waals surface area contributed by atoms with E-state index in [9.17, 15) is 0 Å². The van der Waals surface area contributed by atoms with Gasteiger partial charge in [0, 0.05) is 76.2 Å². The second kappa shape index (κ2) is 14.4. The van der Waals surface area contributed by atoms with Gasteiger partial charge < -0.3 is 24.9 Å². The van der Waals surface area contributed by atoms with Crippen LogP contribution in [-0.2, 0) is 0 Å². The van der Waals surface area contributed by atoms with E-state index in [0.717, 1.165) is 56.7 Å². The summed E-state index contributed by atoms with van der Waals surface area (Å²) in [5.41, 5.74) is 1.21. The molecule has 0 unspecified atom stereocenters. The van der Waals surface area contributed by atoms with Crippen molar-refractivity contribution in [1.82, 2.24) is 20.0 Å². The molecule has 1 aromatic carbocycles. The topological polar surface area (TPSA) is 37.4 Å². The van der Waals surface area contributed by atoms with Gasteiger partial charge in [-0.3, -0.25) is 4.99 Å². The Morgan fingerprint density at radius 1 is 0.968 bits per heavy atom. The van der Waals surface area contributed by atoms with Crippen LogP contribution in [0.3, 0.4) is 0 Å². The number of nitrogens with zero attached hydrogens (tertiary/aromatic N) is 5. The third-order valence-electron chi connectivity index (χ3n) is 6.14. The number of aliphatic imine (C=N–C) groups is 1. The molecule has 0 atom stereocenters. The predicted octanol–water partition coefficient (Wildman–Crippen LogP) is 3.46. The van der Waals surface area contributed by atoms with E-state index in [4.69, 9.17) is 16.6 Å². The average molecular weight is 563 g/mol. The number of hydrogen-bond donors (Lipinski definition) is 1. The van der Waals surface area contributed by atoms with E-state index in [1.807, 2.05) is 12.1 Å². The van der Waals surface area contributed by atoms with Crippen molar-refractivity contribution in [2.45, 2.75) is 26.7 Å². The molecule has 1 N–H and O–H groups in total. The van der Waals surface area contributed by atoms with Crippen molar-refractivity contribution in [1.29, 1.82) is 0 Å². The summed E-state index contributed by atoms with van der Waals surface area (Å²) in [5.74, 6) is 1.07. The Balaban J connectivity index is 0.00000341. The van der Waals surface area contributed by atoms with Gasteiger partial charge in [0.1, 0.15) is 0 Å². The van der Waals surface area contributed by atoms with Crippen molar-refractivity contribution in [3.63, 3.8) is 0 Å². The summed E-state index contributed by atoms with van der Waals surface area (Å²) in [7, 11) is 0. The van der Waals surface area contributed by atoms with Gasteiger partial charge in [-0.25, -0.2) is 0 Å². The third kappa shape index (κ3) is 8.59. The van der Waals surface area contributed by atoms with Gasteiger partial charge in [-0.1, -0.05) is 24.6 Å². The van der Waals surface area contributed by atoms with Crippen LogP contribution in [-0.4, -0.2) is 99.2 Å². The summed E-state index contributed by atoms with van der Waals surface area (Å²) in [6.07, 6.45) is 2.39. The minimum Gasteiger partial charge on any atom is -0.368 e. The van der Waals surface area contributed by atoms with Crippen LogP contribution < -0.4 is 10.2 Å². The lowest BCUT2D eigenvalue weighted by Crippen LogP contribution is -2.52. The highest BCUT2D eigenvalue weighted by molar-refractivity contribution is 14.0. The summed E-state index contributed by atoms with van der Waals surface area (Å²) < 4.78 is 0. The first-order chi connectivity index (χ1) is 14.7. The number of guanidine groups is 1. The van der Waals surface area contributed by atoms with Gasteiger partial charge >= 0.3 is 0 Å². The average Bonchev–Trinajstić information content (AvgIpc) is 2.79. The van der Waals surface area contributed by atoms with E-state index in [1.54, 1.807) is 0 Å². The van der Waals surface area contributed by atoms with Gasteiger partial charge in [0.25, 0.3) is 0 Å². The zero-order valence-electron chi connectivity index (χ0n) is 19.2. The second-order valence-corrected chi connectivity index (χ2v) is 8.61. The molecule has 3 rings (SSSR count). The monoisotopic (exact) mass is 562 g/mol. The Hall–Kier alpha value is -0.770. The molecule has 2 fully saturated rings. The number of piperazine rings is 2. The Bertz CT molecular complexity index is 657. The van der Waals surface area contributed by atoms with Gasteiger partial charge in [0.2, 0.25) is 0 Å². The molecule has 1 aromatic rings. The van der Waals surface area contributed by atoms with Crippen LogP contribution >= 0.6 is 35.6 Å². The summed E-state index contributed by atoms with van der Waals surface area (Å²) in [6, 6.07) is 8.16. The fourth-order valence-electron chi connectivity index (χ4n) is 4.24. The molecule has 6 nitrogen and oxygen atoms in total. The van der Waals surface area contributed by atoms with Crippen LogP contribution in [0.4, 0.5) is 5.69 Å². The minimum absolute atomic E-state index is 0. The van der Waals surface area contributed by atoms with E-state index < -0.39 is 0 Å². The van der Waals surface area contributed by atoms with E-state index in [1.165, 1.54) is 51.4 Å². The SMILES string of the molecule is CCNC(=NCCCCN1CCN(CC)CC1)N1CCN(c2cccc(Cl)c2)CC1.I. The maximum Gasteiger partial charge on any atom is 0.194 e. The highest BCUT2D eigenvalue weighted by Gasteiger charge is 2.20. The molecule has 0 aromatic heterocycles. The Morgan fingerprint density at radius 2 is 1.68 bits per heavy atom. The number of unbranched alkanes of at least 4 members (excludes halogenated alkanes) is 1. The van der Waals surface area contributed by atoms with Gasteiger partial charge in [-0.05, 0) is 51.1 Å². The fraction of sp³-hybridized carbons (Fsp3) is 0.696. The molecule has 2 heterocycles. The number of rotatable bonds is 8. The number of likely N-dealkylation sites (N-methyl/N-ethyl adjacent to an activating group) is 1. The van der Waals surface area contributed by atoms with Crippen LogP contribution in [0.5, 0.6) is 0 Å². The van der Waals surface area contributed by atoms with Crippen molar-refractivity contribution in [2.75, 3.05) is 83.4 Å².